The molecule has 1 fully saturated rings. The third-order valence-electron chi connectivity index (χ3n) is 4.81. The fourth-order valence-corrected chi connectivity index (χ4v) is 3.56. The average Bonchev–Trinajstić information content (AvgIpc) is 3.00. The summed E-state index contributed by atoms with van der Waals surface area (Å²) >= 11 is 0. The first-order chi connectivity index (χ1) is 11.6. The van der Waals surface area contributed by atoms with Crippen molar-refractivity contribution in [3.05, 3.63) is 36.5 Å². The van der Waals surface area contributed by atoms with Crippen molar-refractivity contribution in [1.29, 1.82) is 0 Å². The van der Waals surface area contributed by atoms with Crippen molar-refractivity contribution in [3.8, 4) is 11.4 Å². The molecule has 0 bridgehead atoms. The van der Waals surface area contributed by atoms with E-state index >= 15 is 0 Å². The summed E-state index contributed by atoms with van der Waals surface area (Å²) in [7, 11) is 1.91. The first-order valence-electron chi connectivity index (χ1n) is 8.41. The summed E-state index contributed by atoms with van der Waals surface area (Å²) < 4.78 is 1.79. The Balaban J connectivity index is 1.84. The van der Waals surface area contributed by atoms with Gasteiger partial charge in [-0.1, -0.05) is 24.3 Å². The van der Waals surface area contributed by atoms with Crippen molar-refractivity contribution in [2.75, 3.05) is 11.4 Å². The van der Waals surface area contributed by atoms with Gasteiger partial charge in [0.15, 0.2) is 5.82 Å². The Bertz CT molecular complexity index is 871. The number of piperidine rings is 1. The van der Waals surface area contributed by atoms with Gasteiger partial charge < -0.3 is 10.6 Å². The number of benzene rings is 1. The highest BCUT2D eigenvalue weighted by atomic mass is 15.3. The van der Waals surface area contributed by atoms with Crippen LogP contribution in [0.2, 0.25) is 0 Å². The molecule has 3 heterocycles. The van der Waals surface area contributed by atoms with Crippen molar-refractivity contribution in [1.82, 2.24) is 20.0 Å². The summed E-state index contributed by atoms with van der Waals surface area (Å²) in [4.78, 5) is 2.33. The van der Waals surface area contributed by atoms with Crippen LogP contribution in [0.1, 0.15) is 19.8 Å². The summed E-state index contributed by atoms with van der Waals surface area (Å²) in [5.74, 6) is 0.949. The van der Waals surface area contributed by atoms with E-state index < -0.39 is 0 Å². The lowest BCUT2D eigenvalue weighted by atomic mass is 9.98. The molecule has 0 spiro atoms. The lowest BCUT2D eigenvalue weighted by molar-refractivity contribution is 0.427. The monoisotopic (exact) mass is 322 g/mol. The van der Waals surface area contributed by atoms with Gasteiger partial charge in [-0.3, -0.25) is 4.68 Å². The minimum atomic E-state index is 0.281. The maximum Gasteiger partial charge on any atom is 0.159 e. The third kappa shape index (κ3) is 2.53. The molecule has 0 saturated carbocycles. The molecule has 6 nitrogen and oxygen atoms in total. The number of nitrogens with zero attached hydrogens (tertiary/aromatic N) is 5. The van der Waals surface area contributed by atoms with E-state index in [0.29, 0.717) is 6.04 Å². The number of anilines is 1. The minimum Gasteiger partial charge on any atom is -0.352 e. The average molecular weight is 322 g/mol. The van der Waals surface area contributed by atoms with Crippen LogP contribution in [0.15, 0.2) is 36.5 Å². The number of hydrogen-bond acceptors (Lipinski definition) is 5. The van der Waals surface area contributed by atoms with E-state index in [0.717, 1.165) is 47.4 Å². The van der Waals surface area contributed by atoms with Crippen molar-refractivity contribution in [2.45, 2.75) is 31.8 Å². The largest absolute Gasteiger partial charge is 0.352 e. The first-order valence-corrected chi connectivity index (χ1v) is 8.41. The molecule has 1 aliphatic rings. The maximum atomic E-state index is 6.11. The van der Waals surface area contributed by atoms with Crippen LogP contribution in [-0.2, 0) is 7.05 Å². The summed E-state index contributed by atoms with van der Waals surface area (Å²) in [6.45, 7) is 3.13. The minimum absolute atomic E-state index is 0.281. The van der Waals surface area contributed by atoms with Crippen LogP contribution in [-0.4, -0.2) is 38.6 Å². The van der Waals surface area contributed by atoms with E-state index in [2.05, 4.69) is 45.3 Å². The van der Waals surface area contributed by atoms with Crippen LogP contribution in [0.3, 0.4) is 0 Å². The van der Waals surface area contributed by atoms with Crippen LogP contribution in [0, 0.1) is 0 Å². The predicted molar refractivity (Wildman–Crippen MR) is 95.8 cm³/mol. The zero-order valence-electron chi connectivity index (χ0n) is 14.1. The van der Waals surface area contributed by atoms with Crippen molar-refractivity contribution >= 4 is 16.6 Å². The molecule has 24 heavy (non-hydrogen) atoms. The number of aryl methyl sites for hydroxylation is 1. The Morgan fingerprint density at radius 1 is 1.12 bits per heavy atom. The van der Waals surface area contributed by atoms with Crippen LogP contribution >= 0.6 is 0 Å². The molecule has 1 saturated heterocycles. The highest BCUT2D eigenvalue weighted by Gasteiger charge is 2.26. The van der Waals surface area contributed by atoms with E-state index in [1.54, 1.807) is 4.68 Å². The molecule has 0 aliphatic carbocycles. The zero-order chi connectivity index (χ0) is 16.7. The van der Waals surface area contributed by atoms with E-state index in [1.165, 1.54) is 0 Å². The second-order valence-corrected chi connectivity index (χ2v) is 6.62. The number of hydrogen-bond donors (Lipinski definition) is 1. The molecule has 124 valence electrons. The molecular weight excluding hydrogens is 300 g/mol. The zero-order valence-corrected chi connectivity index (χ0v) is 14.1. The number of fused-ring (bicyclic) bond motifs is 1. The standard InChI is InChI=1S/C18H22N6/c1-12-11-13(19)7-10-24(12)18-15-6-4-3-5-14(15)17(20-21-18)16-8-9-23(2)22-16/h3-6,8-9,12-13H,7,10-11,19H2,1-2H3. The number of aromatic nitrogens is 4. The van der Waals surface area contributed by atoms with Gasteiger partial charge in [-0.2, -0.15) is 5.10 Å². The Morgan fingerprint density at radius 2 is 1.92 bits per heavy atom. The molecule has 2 atom stereocenters. The Kier molecular flexibility index (Phi) is 3.69. The van der Waals surface area contributed by atoms with Crippen molar-refractivity contribution in [2.24, 2.45) is 12.8 Å². The van der Waals surface area contributed by atoms with E-state index in [-0.39, 0.29) is 6.04 Å². The molecule has 0 amide bonds. The van der Waals surface area contributed by atoms with Gasteiger partial charge in [-0.05, 0) is 25.8 Å². The maximum absolute atomic E-state index is 6.11. The highest BCUT2D eigenvalue weighted by molar-refractivity contribution is 5.99. The lowest BCUT2D eigenvalue weighted by Gasteiger charge is -2.37. The van der Waals surface area contributed by atoms with E-state index in [9.17, 15) is 0 Å². The summed E-state index contributed by atoms with van der Waals surface area (Å²) in [6.07, 6.45) is 3.90. The van der Waals surface area contributed by atoms with E-state index in [1.807, 2.05) is 25.4 Å². The molecule has 4 rings (SSSR count). The van der Waals surface area contributed by atoms with Gasteiger partial charge in [-0.15, -0.1) is 10.2 Å². The van der Waals surface area contributed by atoms with Crippen molar-refractivity contribution in [3.63, 3.8) is 0 Å². The number of nitrogens with two attached hydrogens (primary N) is 1. The molecule has 2 N–H and O–H groups in total. The summed E-state index contributed by atoms with van der Waals surface area (Å²) in [5.41, 5.74) is 7.79. The second-order valence-electron chi connectivity index (χ2n) is 6.62. The molecule has 0 radical (unpaired) electrons. The third-order valence-corrected chi connectivity index (χ3v) is 4.81. The highest BCUT2D eigenvalue weighted by Crippen LogP contribution is 2.33. The smallest absolute Gasteiger partial charge is 0.159 e. The Labute approximate surface area is 141 Å². The van der Waals surface area contributed by atoms with Crippen LogP contribution in [0.5, 0.6) is 0 Å². The second kappa shape index (κ2) is 5.87. The molecule has 1 aromatic carbocycles. The van der Waals surface area contributed by atoms with Gasteiger partial charge in [0.25, 0.3) is 0 Å². The van der Waals surface area contributed by atoms with Crippen LogP contribution < -0.4 is 10.6 Å². The molecular formula is C18H22N6. The van der Waals surface area contributed by atoms with Gasteiger partial charge in [0.05, 0.1) is 0 Å². The molecule has 6 heteroatoms. The molecule has 1 aliphatic heterocycles. The van der Waals surface area contributed by atoms with Gasteiger partial charge in [0.1, 0.15) is 11.4 Å². The van der Waals surface area contributed by atoms with Crippen molar-refractivity contribution < 1.29 is 0 Å². The fourth-order valence-electron chi connectivity index (χ4n) is 3.56. The topological polar surface area (TPSA) is 72.9 Å². The van der Waals surface area contributed by atoms with Crippen LogP contribution in [0.25, 0.3) is 22.2 Å². The van der Waals surface area contributed by atoms with Gasteiger partial charge in [-0.25, -0.2) is 0 Å². The fraction of sp³-hybridized carbons (Fsp3) is 0.389. The SMILES string of the molecule is CC1CC(N)CCN1c1nnc(-c2ccn(C)n2)c2ccccc12. The lowest BCUT2D eigenvalue weighted by Crippen LogP contribution is -2.46. The molecule has 2 unspecified atom stereocenters. The molecule has 3 aromatic rings. The normalized spacial score (nSPS) is 21.4. The van der Waals surface area contributed by atoms with Gasteiger partial charge in [0.2, 0.25) is 0 Å². The summed E-state index contributed by atoms with van der Waals surface area (Å²) in [6, 6.07) is 10.9. The molecule has 2 aromatic heterocycles. The van der Waals surface area contributed by atoms with Crippen LogP contribution in [0.4, 0.5) is 5.82 Å². The predicted octanol–water partition coefficient (Wildman–Crippen LogP) is 2.35. The quantitative estimate of drug-likeness (QED) is 0.784. The Morgan fingerprint density at radius 3 is 2.62 bits per heavy atom. The summed E-state index contributed by atoms with van der Waals surface area (Å²) in [5, 5.41) is 15.8. The van der Waals surface area contributed by atoms with E-state index in [4.69, 9.17) is 5.73 Å². The Hall–Kier alpha value is -2.47. The first kappa shape index (κ1) is 15.1. The van der Waals surface area contributed by atoms with Gasteiger partial charge >= 0.3 is 0 Å². The number of rotatable bonds is 2. The van der Waals surface area contributed by atoms with Gasteiger partial charge in [0, 0.05) is 42.6 Å².